The second-order valence-electron chi connectivity index (χ2n) is 4.55. The largest absolute Gasteiger partial charge is 0.484 e. The molecular weight excluding hydrogens is 288 g/mol. The lowest BCUT2D eigenvalue weighted by molar-refractivity contribution is 0.287. The number of benzene rings is 2. The molecule has 3 aromatic rings. The third-order valence-corrected chi connectivity index (χ3v) is 3.35. The van der Waals surface area contributed by atoms with E-state index in [-0.39, 0.29) is 6.61 Å². The molecule has 0 fully saturated rings. The highest BCUT2D eigenvalue weighted by atomic mass is 35.5. The number of halogens is 1. The Labute approximate surface area is 127 Å². The van der Waals surface area contributed by atoms with Crippen LogP contribution < -0.4 is 4.74 Å². The summed E-state index contributed by atoms with van der Waals surface area (Å²) in [7, 11) is 0. The Balaban J connectivity index is 1.74. The lowest BCUT2D eigenvalue weighted by atomic mass is 10.1. The Kier molecular flexibility index (Phi) is 3.88. The quantitative estimate of drug-likeness (QED) is 0.721. The zero-order chi connectivity index (χ0) is 14.7. The first-order valence-electron chi connectivity index (χ1n) is 6.50. The lowest BCUT2D eigenvalue weighted by Crippen LogP contribution is -1.98. The molecule has 106 valence electrons. The number of aromatic nitrogens is 2. The van der Waals surface area contributed by atoms with Gasteiger partial charge in [0.25, 0.3) is 5.89 Å². The van der Waals surface area contributed by atoms with Crippen LogP contribution >= 0.6 is 11.6 Å². The molecule has 0 unspecified atom stereocenters. The van der Waals surface area contributed by atoms with Crippen LogP contribution in [0.25, 0.3) is 11.5 Å². The van der Waals surface area contributed by atoms with Crippen LogP contribution in [0.15, 0.2) is 53.1 Å². The van der Waals surface area contributed by atoms with Crippen LogP contribution in [0.3, 0.4) is 0 Å². The molecule has 0 saturated heterocycles. The van der Waals surface area contributed by atoms with Gasteiger partial charge in [-0.05, 0) is 30.7 Å². The molecule has 3 rings (SSSR count). The Bertz CT molecular complexity index is 755. The van der Waals surface area contributed by atoms with Crippen molar-refractivity contribution in [2.45, 2.75) is 13.5 Å². The molecule has 0 aliphatic rings. The first-order chi connectivity index (χ1) is 10.2. The van der Waals surface area contributed by atoms with Gasteiger partial charge in [0.15, 0.2) is 6.61 Å². The van der Waals surface area contributed by atoms with E-state index < -0.39 is 0 Å². The number of ether oxygens (including phenoxy) is 1. The van der Waals surface area contributed by atoms with Crippen molar-refractivity contribution in [3.63, 3.8) is 0 Å². The fourth-order valence-electron chi connectivity index (χ4n) is 1.94. The summed E-state index contributed by atoms with van der Waals surface area (Å²) in [6.45, 7) is 2.21. The monoisotopic (exact) mass is 300 g/mol. The standard InChI is InChI=1S/C16H13ClN2O2/c1-11-6-2-3-7-12(11)16-18-15(19-21-16)10-20-14-9-5-4-8-13(14)17/h2-9H,10H2,1H3. The van der Waals surface area contributed by atoms with Crippen molar-refractivity contribution >= 4 is 11.6 Å². The van der Waals surface area contributed by atoms with Crippen molar-refractivity contribution in [2.24, 2.45) is 0 Å². The summed E-state index contributed by atoms with van der Waals surface area (Å²) in [6, 6.07) is 15.1. The Hall–Kier alpha value is -2.33. The van der Waals surface area contributed by atoms with E-state index in [1.807, 2.05) is 43.3 Å². The highest BCUT2D eigenvalue weighted by Gasteiger charge is 2.11. The van der Waals surface area contributed by atoms with Crippen LogP contribution in [0.4, 0.5) is 0 Å². The van der Waals surface area contributed by atoms with Gasteiger partial charge in [0, 0.05) is 5.56 Å². The predicted molar refractivity (Wildman–Crippen MR) is 80.3 cm³/mol. The van der Waals surface area contributed by atoms with Crippen LogP contribution in [0.2, 0.25) is 5.02 Å². The number of hydrogen-bond donors (Lipinski definition) is 0. The van der Waals surface area contributed by atoms with Crippen LogP contribution in [-0.2, 0) is 6.61 Å². The van der Waals surface area contributed by atoms with Crippen molar-refractivity contribution in [1.82, 2.24) is 10.1 Å². The Morgan fingerprint density at radius 1 is 1.10 bits per heavy atom. The molecule has 0 radical (unpaired) electrons. The van der Waals surface area contributed by atoms with Gasteiger partial charge in [-0.3, -0.25) is 0 Å². The molecule has 0 atom stereocenters. The average molecular weight is 301 g/mol. The second-order valence-corrected chi connectivity index (χ2v) is 4.96. The maximum absolute atomic E-state index is 6.02. The number of rotatable bonds is 4. The topological polar surface area (TPSA) is 48.2 Å². The number of nitrogens with zero attached hydrogens (tertiary/aromatic N) is 2. The molecular formula is C16H13ClN2O2. The minimum Gasteiger partial charge on any atom is -0.484 e. The molecule has 0 N–H and O–H groups in total. The predicted octanol–water partition coefficient (Wildman–Crippen LogP) is 4.28. The number of aryl methyl sites for hydroxylation is 1. The lowest BCUT2D eigenvalue weighted by Gasteiger charge is -2.04. The van der Waals surface area contributed by atoms with Gasteiger partial charge in [-0.2, -0.15) is 4.98 Å². The molecule has 0 amide bonds. The summed E-state index contributed by atoms with van der Waals surface area (Å²) in [5.41, 5.74) is 2.01. The maximum Gasteiger partial charge on any atom is 0.258 e. The van der Waals surface area contributed by atoms with E-state index in [0.717, 1.165) is 11.1 Å². The summed E-state index contributed by atoms with van der Waals surface area (Å²) >= 11 is 6.02. The van der Waals surface area contributed by atoms with Crippen molar-refractivity contribution in [1.29, 1.82) is 0 Å². The van der Waals surface area contributed by atoms with Gasteiger partial charge in [0.2, 0.25) is 5.82 Å². The molecule has 0 bridgehead atoms. The maximum atomic E-state index is 6.02. The van der Waals surface area contributed by atoms with Gasteiger partial charge < -0.3 is 9.26 Å². The summed E-state index contributed by atoms with van der Waals surface area (Å²) in [5, 5.41) is 4.48. The Morgan fingerprint density at radius 3 is 2.67 bits per heavy atom. The fourth-order valence-corrected chi connectivity index (χ4v) is 2.13. The van der Waals surface area contributed by atoms with Gasteiger partial charge in [0.1, 0.15) is 5.75 Å². The zero-order valence-corrected chi connectivity index (χ0v) is 12.2. The van der Waals surface area contributed by atoms with E-state index in [1.54, 1.807) is 12.1 Å². The van der Waals surface area contributed by atoms with Crippen molar-refractivity contribution in [3.8, 4) is 17.2 Å². The summed E-state index contributed by atoms with van der Waals surface area (Å²) < 4.78 is 10.9. The fraction of sp³-hybridized carbons (Fsp3) is 0.125. The minimum absolute atomic E-state index is 0.207. The van der Waals surface area contributed by atoms with E-state index >= 15 is 0 Å². The minimum atomic E-state index is 0.207. The molecule has 0 spiro atoms. The molecule has 4 nitrogen and oxygen atoms in total. The first kappa shape index (κ1) is 13.6. The number of hydrogen-bond acceptors (Lipinski definition) is 4. The van der Waals surface area contributed by atoms with E-state index in [9.17, 15) is 0 Å². The van der Waals surface area contributed by atoms with Gasteiger partial charge >= 0.3 is 0 Å². The van der Waals surface area contributed by atoms with Crippen molar-refractivity contribution in [3.05, 3.63) is 64.9 Å². The Morgan fingerprint density at radius 2 is 1.86 bits per heavy atom. The summed E-state index contributed by atoms with van der Waals surface area (Å²) in [6.07, 6.45) is 0. The molecule has 1 heterocycles. The van der Waals surface area contributed by atoms with Crippen molar-refractivity contribution in [2.75, 3.05) is 0 Å². The van der Waals surface area contributed by atoms with E-state index in [4.69, 9.17) is 20.9 Å². The molecule has 1 aromatic heterocycles. The van der Waals surface area contributed by atoms with E-state index in [0.29, 0.717) is 22.5 Å². The molecule has 0 aliphatic carbocycles. The SMILES string of the molecule is Cc1ccccc1-c1nc(COc2ccccc2Cl)no1. The molecule has 0 aliphatic heterocycles. The molecule has 2 aromatic carbocycles. The second kappa shape index (κ2) is 5.97. The normalized spacial score (nSPS) is 10.6. The number of para-hydroxylation sites is 1. The van der Waals surface area contributed by atoms with Crippen LogP contribution in [0.1, 0.15) is 11.4 Å². The van der Waals surface area contributed by atoms with Crippen molar-refractivity contribution < 1.29 is 9.26 Å². The molecule has 21 heavy (non-hydrogen) atoms. The van der Waals surface area contributed by atoms with Crippen LogP contribution in [0.5, 0.6) is 5.75 Å². The zero-order valence-electron chi connectivity index (χ0n) is 11.4. The van der Waals surface area contributed by atoms with E-state index in [2.05, 4.69) is 10.1 Å². The highest BCUT2D eigenvalue weighted by molar-refractivity contribution is 6.32. The first-order valence-corrected chi connectivity index (χ1v) is 6.88. The van der Waals surface area contributed by atoms with Gasteiger partial charge in [-0.1, -0.05) is 47.1 Å². The smallest absolute Gasteiger partial charge is 0.258 e. The van der Waals surface area contributed by atoms with Crippen LogP contribution in [0, 0.1) is 6.92 Å². The summed E-state index contributed by atoms with van der Waals surface area (Å²) in [4.78, 5) is 4.34. The van der Waals surface area contributed by atoms with E-state index in [1.165, 1.54) is 0 Å². The third kappa shape index (κ3) is 3.06. The highest BCUT2D eigenvalue weighted by Crippen LogP contribution is 2.25. The van der Waals surface area contributed by atoms with Gasteiger partial charge in [-0.25, -0.2) is 0 Å². The summed E-state index contributed by atoms with van der Waals surface area (Å²) in [5.74, 6) is 1.57. The third-order valence-electron chi connectivity index (χ3n) is 3.04. The van der Waals surface area contributed by atoms with Gasteiger partial charge in [0.05, 0.1) is 5.02 Å². The average Bonchev–Trinajstić information content (AvgIpc) is 2.96. The van der Waals surface area contributed by atoms with Crippen LogP contribution in [-0.4, -0.2) is 10.1 Å². The molecule has 0 saturated carbocycles. The molecule has 5 heteroatoms. The van der Waals surface area contributed by atoms with Gasteiger partial charge in [-0.15, -0.1) is 0 Å².